The zero-order valence-corrected chi connectivity index (χ0v) is 15.8. The minimum Gasteiger partial charge on any atom is -0.484 e. The van der Waals surface area contributed by atoms with Crippen LogP contribution in [0.3, 0.4) is 0 Å². The number of ether oxygens (including phenoxy) is 4. The van der Waals surface area contributed by atoms with Crippen molar-refractivity contribution in [2.24, 2.45) is 0 Å². The monoisotopic (exact) mass is 389 g/mol. The van der Waals surface area contributed by atoms with Gasteiger partial charge in [-0.15, -0.1) is 0 Å². The van der Waals surface area contributed by atoms with Gasteiger partial charge < -0.3 is 28.6 Å². The maximum absolute atomic E-state index is 12.7. The van der Waals surface area contributed by atoms with Crippen molar-refractivity contribution in [1.82, 2.24) is 4.57 Å². The molecule has 0 aliphatic carbocycles. The number of aliphatic hydroxyl groups is 1. The van der Waals surface area contributed by atoms with Gasteiger partial charge in [0.2, 0.25) is 0 Å². The van der Waals surface area contributed by atoms with Crippen molar-refractivity contribution in [3.8, 4) is 5.75 Å². The molecule has 2 fully saturated rings. The third-order valence-corrected chi connectivity index (χ3v) is 5.17. The van der Waals surface area contributed by atoms with E-state index in [4.69, 9.17) is 18.9 Å². The average Bonchev–Trinajstić information content (AvgIpc) is 3.25. The third kappa shape index (κ3) is 3.07. The van der Waals surface area contributed by atoms with Crippen LogP contribution in [-0.2, 0) is 20.8 Å². The molecule has 3 heterocycles. The minimum atomic E-state index is -0.660. The van der Waals surface area contributed by atoms with Crippen LogP contribution in [0.4, 0.5) is 0 Å². The number of carbonyl (C=O) groups is 1. The van der Waals surface area contributed by atoms with Crippen LogP contribution in [0.1, 0.15) is 24.2 Å². The smallest absolute Gasteiger partial charge is 0.343 e. The summed E-state index contributed by atoms with van der Waals surface area (Å²) in [4.78, 5) is 25.0. The zero-order valence-electron chi connectivity index (χ0n) is 15.8. The van der Waals surface area contributed by atoms with Crippen molar-refractivity contribution in [2.45, 2.75) is 44.8 Å². The number of benzene rings is 1. The van der Waals surface area contributed by atoms with E-state index in [1.165, 1.54) is 10.6 Å². The molecule has 1 aromatic carbocycles. The van der Waals surface area contributed by atoms with Crippen molar-refractivity contribution in [3.63, 3.8) is 0 Å². The van der Waals surface area contributed by atoms with E-state index < -0.39 is 23.7 Å². The van der Waals surface area contributed by atoms with Crippen LogP contribution < -0.4 is 10.3 Å². The van der Waals surface area contributed by atoms with Gasteiger partial charge in [0.1, 0.15) is 29.6 Å². The number of rotatable bonds is 5. The SMILES string of the molecule is CCOC(=O)c1cc2c(O[C@H]3CO[C@H]4[C@@H]3OC[C@@H]4O)cccc2n(CC)c1=O. The molecule has 0 saturated carbocycles. The summed E-state index contributed by atoms with van der Waals surface area (Å²) in [7, 11) is 0. The number of fused-ring (bicyclic) bond motifs is 2. The lowest BCUT2D eigenvalue weighted by atomic mass is 10.1. The molecule has 4 atom stereocenters. The predicted octanol–water partition coefficient (Wildman–Crippen LogP) is 1.10. The van der Waals surface area contributed by atoms with Gasteiger partial charge >= 0.3 is 5.97 Å². The summed E-state index contributed by atoms with van der Waals surface area (Å²) in [6, 6.07) is 6.91. The van der Waals surface area contributed by atoms with E-state index in [0.29, 0.717) is 29.8 Å². The fraction of sp³-hybridized carbons (Fsp3) is 0.500. The number of hydrogen-bond donors (Lipinski definition) is 1. The summed E-state index contributed by atoms with van der Waals surface area (Å²) in [5, 5.41) is 10.5. The Bertz CT molecular complexity index is 953. The van der Waals surface area contributed by atoms with Gasteiger partial charge in [-0.1, -0.05) is 6.07 Å². The van der Waals surface area contributed by atoms with Gasteiger partial charge in [0.05, 0.1) is 25.3 Å². The molecule has 2 aliphatic rings. The molecule has 8 heteroatoms. The number of pyridine rings is 1. The minimum absolute atomic E-state index is 0.0275. The highest BCUT2D eigenvalue weighted by Crippen LogP contribution is 2.33. The number of aliphatic hydroxyl groups excluding tert-OH is 1. The summed E-state index contributed by atoms with van der Waals surface area (Å²) in [5.74, 6) is -0.137. The van der Waals surface area contributed by atoms with Gasteiger partial charge in [0.15, 0.2) is 6.10 Å². The second-order valence-electron chi connectivity index (χ2n) is 6.84. The Morgan fingerprint density at radius 3 is 2.79 bits per heavy atom. The summed E-state index contributed by atoms with van der Waals surface area (Å²) in [6.45, 7) is 4.63. The quantitative estimate of drug-likeness (QED) is 0.765. The van der Waals surface area contributed by atoms with Gasteiger partial charge in [-0.25, -0.2) is 4.79 Å². The molecular weight excluding hydrogens is 366 g/mol. The molecular formula is C20H23NO7. The number of aromatic nitrogens is 1. The second-order valence-corrected chi connectivity index (χ2v) is 6.84. The van der Waals surface area contributed by atoms with Gasteiger partial charge in [0.25, 0.3) is 5.56 Å². The molecule has 4 rings (SSSR count). The van der Waals surface area contributed by atoms with Gasteiger partial charge in [-0.05, 0) is 32.0 Å². The van der Waals surface area contributed by atoms with Crippen LogP contribution >= 0.6 is 0 Å². The molecule has 2 aromatic rings. The molecule has 0 amide bonds. The zero-order chi connectivity index (χ0) is 19.8. The molecule has 2 aliphatic heterocycles. The molecule has 8 nitrogen and oxygen atoms in total. The van der Waals surface area contributed by atoms with Gasteiger partial charge in [-0.3, -0.25) is 4.79 Å². The van der Waals surface area contributed by atoms with Crippen molar-refractivity contribution in [1.29, 1.82) is 0 Å². The molecule has 0 radical (unpaired) electrons. The molecule has 150 valence electrons. The second kappa shape index (κ2) is 7.54. The molecule has 0 unspecified atom stereocenters. The fourth-order valence-electron chi connectivity index (χ4n) is 3.85. The van der Waals surface area contributed by atoms with E-state index in [0.717, 1.165) is 0 Å². The largest absolute Gasteiger partial charge is 0.484 e. The van der Waals surface area contributed by atoms with E-state index in [-0.39, 0.29) is 31.0 Å². The standard InChI is InChI=1S/C20H23NO7/c1-3-21-13-6-5-7-15(11(13)8-12(19(21)23)20(24)25-4-2)28-16-10-27-17-14(22)9-26-18(16)17/h5-8,14,16-18,22H,3-4,9-10H2,1-2H3/t14-,16-,17+,18+/m0/s1. The Morgan fingerprint density at radius 1 is 1.25 bits per heavy atom. The van der Waals surface area contributed by atoms with Gasteiger partial charge in [-0.2, -0.15) is 0 Å². The van der Waals surface area contributed by atoms with Crippen LogP contribution in [0.25, 0.3) is 10.9 Å². The number of esters is 1. The lowest BCUT2D eigenvalue weighted by Gasteiger charge is -2.20. The Kier molecular flexibility index (Phi) is 5.09. The number of hydrogen-bond acceptors (Lipinski definition) is 7. The van der Waals surface area contributed by atoms with E-state index in [9.17, 15) is 14.7 Å². The lowest BCUT2D eigenvalue weighted by Crippen LogP contribution is -2.34. The Balaban J connectivity index is 1.76. The van der Waals surface area contributed by atoms with Crippen molar-refractivity contribution < 1.29 is 28.8 Å². The van der Waals surface area contributed by atoms with Crippen LogP contribution in [0.15, 0.2) is 29.1 Å². The summed E-state index contributed by atoms with van der Waals surface area (Å²) < 4.78 is 23.9. The van der Waals surface area contributed by atoms with E-state index in [2.05, 4.69) is 0 Å². The molecule has 0 bridgehead atoms. The number of nitrogens with zero attached hydrogens (tertiary/aromatic N) is 1. The topological polar surface area (TPSA) is 96.2 Å². The fourth-order valence-corrected chi connectivity index (χ4v) is 3.85. The normalized spacial score (nSPS) is 26.4. The number of carbonyl (C=O) groups excluding carboxylic acids is 1. The maximum atomic E-state index is 12.7. The highest BCUT2D eigenvalue weighted by molar-refractivity contribution is 5.95. The highest BCUT2D eigenvalue weighted by Gasteiger charge is 2.48. The predicted molar refractivity (Wildman–Crippen MR) is 99.7 cm³/mol. The molecule has 28 heavy (non-hydrogen) atoms. The molecule has 0 spiro atoms. The van der Waals surface area contributed by atoms with Crippen molar-refractivity contribution in [2.75, 3.05) is 19.8 Å². The van der Waals surface area contributed by atoms with Crippen molar-refractivity contribution in [3.05, 3.63) is 40.2 Å². The maximum Gasteiger partial charge on any atom is 0.343 e. The van der Waals surface area contributed by atoms with Crippen LogP contribution in [0.5, 0.6) is 5.75 Å². The summed E-state index contributed by atoms with van der Waals surface area (Å²) in [6.07, 6.45) is -1.80. The molecule has 1 aromatic heterocycles. The summed E-state index contributed by atoms with van der Waals surface area (Å²) >= 11 is 0. The van der Waals surface area contributed by atoms with Crippen LogP contribution in [0, 0.1) is 0 Å². The van der Waals surface area contributed by atoms with Crippen molar-refractivity contribution >= 4 is 16.9 Å². The van der Waals surface area contributed by atoms with E-state index in [1.807, 2.05) is 13.0 Å². The molecule has 2 saturated heterocycles. The Hall–Kier alpha value is -2.42. The van der Waals surface area contributed by atoms with E-state index >= 15 is 0 Å². The summed E-state index contributed by atoms with van der Waals surface area (Å²) in [5.41, 5.74) is 0.248. The first-order valence-electron chi connectivity index (χ1n) is 9.46. The van der Waals surface area contributed by atoms with E-state index in [1.54, 1.807) is 19.1 Å². The average molecular weight is 389 g/mol. The molecule has 1 N–H and O–H groups in total. The Labute approximate surface area is 161 Å². The number of aryl methyl sites for hydroxylation is 1. The highest BCUT2D eigenvalue weighted by atomic mass is 16.6. The first-order chi connectivity index (χ1) is 13.5. The lowest BCUT2D eigenvalue weighted by molar-refractivity contribution is 0.00889. The van der Waals surface area contributed by atoms with Crippen LogP contribution in [0.2, 0.25) is 0 Å². The van der Waals surface area contributed by atoms with Crippen LogP contribution in [-0.4, -0.2) is 59.9 Å². The first kappa shape index (κ1) is 18.9. The Morgan fingerprint density at radius 2 is 2.04 bits per heavy atom. The van der Waals surface area contributed by atoms with Gasteiger partial charge in [0, 0.05) is 11.9 Å². The first-order valence-corrected chi connectivity index (χ1v) is 9.46. The third-order valence-electron chi connectivity index (χ3n) is 5.17.